The Morgan fingerprint density at radius 3 is 2.56 bits per heavy atom. The van der Waals surface area contributed by atoms with Crippen molar-refractivity contribution in [1.82, 2.24) is 25.3 Å². The second-order valence-electron chi connectivity index (χ2n) is 7.87. The van der Waals surface area contributed by atoms with Crippen LogP contribution in [0.3, 0.4) is 0 Å². The highest BCUT2D eigenvalue weighted by Crippen LogP contribution is 2.18. The predicted molar refractivity (Wildman–Crippen MR) is 127 cm³/mol. The molecule has 1 atom stereocenters. The normalized spacial score (nSPS) is 23.5. The van der Waals surface area contributed by atoms with Gasteiger partial charge in [-0.15, -0.1) is 24.0 Å². The van der Waals surface area contributed by atoms with E-state index < -0.39 is 0 Å². The predicted octanol–water partition coefficient (Wildman–Crippen LogP) is 2.06. The van der Waals surface area contributed by atoms with Crippen LogP contribution in [-0.2, 0) is 0 Å². The molecule has 2 rings (SSSR count). The van der Waals surface area contributed by atoms with Crippen molar-refractivity contribution in [2.45, 2.75) is 51.5 Å². The van der Waals surface area contributed by atoms with Gasteiger partial charge in [-0.05, 0) is 65.3 Å². The lowest BCUT2D eigenvalue weighted by Gasteiger charge is -2.35. The molecule has 2 N–H and O–H groups in total. The molecule has 0 saturated carbocycles. The molecular formula is C20H43IN6. The van der Waals surface area contributed by atoms with E-state index >= 15 is 0 Å². The van der Waals surface area contributed by atoms with E-state index in [2.05, 4.69) is 44.3 Å². The van der Waals surface area contributed by atoms with Gasteiger partial charge in [0, 0.05) is 45.8 Å². The van der Waals surface area contributed by atoms with E-state index in [-0.39, 0.29) is 24.0 Å². The molecule has 6 nitrogen and oxygen atoms in total. The third-order valence-electron chi connectivity index (χ3n) is 5.89. The lowest BCUT2D eigenvalue weighted by molar-refractivity contribution is 0.147. The molecule has 0 radical (unpaired) electrons. The summed E-state index contributed by atoms with van der Waals surface area (Å²) in [4.78, 5) is 12.1. The Morgan fingerprint density at radius 2 is 1.78 bits per heavy atom. The number of piperidine rings is 1. The topological polar surface area (TPSA) is 46.1 Å². The minimum atomic E-state index is 0. The fourth-order valence-electron chi connectivity index (χ4n) is 4.19. The second-order valence-corrected chi connectivity index (χ2v) is 7.87. The fraction of sp³-hybridized carbons (Fsp3) is 0.950. The van der Waals surface area contributed by atoms with E-state index in [1.165, 1.54) is 77.8 Å². The third kappa shape index (κ3) is 9.76. The molecule has 27 heavy (non-hydrogen) atoms. The molecule has 0 spiro atoms. The van der Waals surface area contributed by atoms with Crippen molar-refractivity contribution in [2.75, 3.05) is 73.0 Å². The van der Waals surface area contributed by atoms with Gasteiger partial charge < -0.3 is 20.4 Å². The SMILES string of the molecule is CCC1CCCCN1CCNC(=NC)NCCCN1CCCN(C)CC1.I. The van der Waals surface area contributed by atoms with Crippen LogP contribution in [0, 0.1) is 0 Å². The van der Waals surface area contributed by atoms with E-state index in [1.807, 2.05) is 7.05 Å². The summed E-state index contributed by atoms with van der Waals surface area (Å²) in [7, 11) is 4.10. The number of rotatable bonds is 8. The molecule has 2 saturated heterocycles. The van der Waals surface area contributed by atoms with Crippen molar-refractivity contribution in [3.8, 4) is 0 Å². The first-order valence-electron chi connectivity index (χ1n) is 10.8. The number of nitrogens with zero attached hydrogens (tertiary/aromatic N) is 4. The summed E-state index contributed by atoms with van der Waals surface area (Å²) in [5.41, 5.74) is 0. The molecule has 2 aliphatic heterocycles. The summed E-state index contributed by atoms with van der Waals surface area (Å²) in [6, 6.07) is 0.785. The third-order valence-corrected chi connectivity index (χ3v) is 5.89. The molecule has 7 heteroatoms. The van der Waals surface area contributed by atoms with Crippen molar-refractivity contribution in [3.63, 3.8) is 0 Å². The first-order chi connectivity index (χ1) is 12.7. The van der Waals surface area contributed by atoms with Crippen molar-refractivity contribution < 1.29 is 0 Å². The molecule has 0 bridgehead atoms. The number of aliphatic imine (C=N–C) groups is 1. The van der Waals surface area contributed by atoms with Gasteiger partial charge in [-0.2, -0.15) is 0 Å². The maximum Gasteiger partial charge on any atom is 0.191 e. The smallest absolute Gasteiger partial charge is 0.191 e. The van der Waals surface area contributed by atoms with Gasteiger partial charge in [0.25, 0.3) is 0 Å². The van der Waals surface area contributed by atoms with Crippen LogP contribution in [0.1, 0.15) is 45.4 Å². The molecule has 2 heterocycles. The number of nitrogens with one attached hydrogen (secondary N) is 2. The zero-order chi connectivity index (χ0) is 18.6. The molecule has 2 fully saturated rings. The van der Waals surface area contributed by atoms with Crippen LogP contribution in [0.5, 0.6) is 0 Å². The molecule has 0 aliphatic carbocycles. The van der Waals surface area contributed by atoms with Crippen molar-refractivity contribution in [1.29, 1.82) is 0 Å². The van der Waals surface area contributed by atoms with Crippen LogP contribution < -0.4 is 10.6 Å². The number of hydrogen-bond acceptors (Lipinski definition) is 4. The van der Waals surface area contributed by atoms with Gasteiger partial charge in [-0.3, -0.25) is 9.89 Å². The van der Waals surface area contributed by atoms with Gasteiger partial charge >= 0.3 is 0 Å². The number of hydrogen-bond donors (Lipinski definition) is 2. The Balaban J connectivity index is 0.00000364. The van der Waals surface area contributed by atoms with E-state index in [0.29, 0.717) is 0 Å². The Kier molecular flexibility index (Phi) is 13.7. The lowest BCUT2D eigenvalue weighted by Crippen LogP contribution is -2.46. The molecule has 0 aromatic rings. The minimum Gasteiger partial charge on any atom is -0.356 e. The quantitative estimate of drug-likeness (QED) is 0.234. The highest BCUT2D eigenvalue weighted by molar-refractivity contribution is 14.0. The van der Waals surface area contributed by atoms with Crippen LogP contribution >= 0.6 is 24.0 Å². The summed E-state index contributed by atoms with van der Waals surface area (Å²) in [5, 5.41) is 6.97. The lowest BCUT2D eigenvalue weighted by atomic mass is 10.0. The average Bonchev–Trinajstić information content (AvgIpc) is 2.88. The molecule has 0 amide bonds. The average molecular weight is 495 g/mol. The highest BCUT2D eigenvalue weighted by atomic mass is 127. The van der Waals surface area contributed by atoms with Crippen LogP contribution in [0.15, 0.2) is 4.99 Å². The van der Waals surface area contributed by atoms with Crippen LogP contribution in [-0.4, -0.2) is 99.7 Å². The van der Waals surface area contributed by atoms with Gasteiger partial charge in [0.15, 0.2) is 5.96 Å². The monoisotopic (exact) mass is 494 g/mol. The Morgan fingerprint density at radius 1 is 0.963 bits per heavy atom. The molecule has 1 unspecified atom stereocenters. The van der Waals surface area contributed by atoms with Gasteiger partial charge in [0.1, 0.15) is 0 Å². The summed E-state index contributed by atoms with van der Waals surface area (Å²) in [6.07, 6.45) is 7.88. The van der Waals surface area contributed by atoms with Crippen molar-refractivity contribution >= 4 is 29.9 Å². The zero-order valence-electron chi connectivity index (χ0n) is 17.9. The van der Waals surface area contributed by atoms with E-state index in [4.69, 9.17) is 0 Å². The Labute approximate surface area is 184 Å². The van der Waals surface area contributed by atoms with Gasteiger partial charge in [-0.1, -0.05) is 13.3 Å². The van der Waals surface area contributed by atoms with Crippen molar-refractivity contribution in [2.24, 2.45) is 4.99 Å². The summed E-state index contributed by atoms with van der Waals surface area (Å²) in [6.45, 7) is 12.7. The zero-order valence-corrected chi connectivity index (χ0v) is 20.2. The summed E-state index contributed by atoms with van der Waals surface area (Å²) in [5.74, 6) is 0.950. The van der Waals surface area contributed by atoms with E-state index in [1.54, 1.807) is 0 Å². The van der Waals surface area contributed by atoms with Crippen LogP contribution in [0.25, 0.3) is 0 Å². The molecule has 0 aromatic carbocycles. The number of halogens is 1. The van der Waals surface area contributed by atoms with E-state index in [9.17, 15) is 0 Å². The Hall–Kier alpha value is -0.120. The highest BCUT2D eigenvalue weighted by Gasteiger charge is 2.20. The maximum absolute atomic E-state index is 4.37. The first kappa shape index (κ1) is 24.9. The number of likely N-dealkylation sites (tertiary alicyclic amines) is 1. The van der Waals surface area contributed by atoms with E-state index in [0.717, 1.165) is 31.6 Å². The van der Waals surface area contributed by atoms with Gasteiger partial charge in [0.05, 0.1) is 0 Å². The standard InChI is InChI=1S/C20H42N6.HI/c1-4-19-9-5-6-15-26(19)16-11-23-20(21-2)22-10-7-13-25-14-8-12-24(3)17-18-25;/h19H,4-18H2,1-3H3,(H2,21,22,23);1H. The van der Waals surface area contributed by atoms with Gasteiger partial charge in [-0.25, -0.2) is 0 Å². The number of guanidine groups is 1. The minimum absolute atomic E-state index is 0. The summed E-state index contributed by atoms with van der Waals surface area (Å²) < 4.78 is 0. The van der Waals surface area contributed by atoms with Crippen molar-refractivity contribution in [3.05, 3.63) is 0 Å². The largest absolute Gasteiger partial charge is 0.356 e. The molecule has 160 valence electrons. The first-order valence-corrected chi connectivity index (χ1v) is 10.8. The van der Waals surface area contributed by atoms with Crippen LogP contribution in [0.2, 0.25) is 0 Å². The van der Waals surface area contributed by atoms with Crippen LogP contribution in [0.4, 0.5) is 0 Å². The molecule has 0 aromatic heterocycles. The maximum atomic E-state index is 4.37. The number of likely N-dealkylation sites (N-methyl/N-ethyl adjacent to an activating group) is 1. The summed E-state index contributed by atoms with van der Waals surface area (Å²) >= 11 is 0. The second kappa shape index (κ2) is 14.8. The molecular weight excluding hydrogens is 451 g/mol. The fourth-order valence-corrected chi connectivity index (χ4v) is 4.19. The van der Waals surface area contributed by atoms with Gasteiger partial charge in [0.2, 0.25) is 0 Å². The Bertz CT molecular complexity index is 406. The molecule has 2 aliphatic rings.